The van der Waals surface area contributed by atoms with Gasteiger partial charge in [0.1, 0.15) is 0 Å². The summed E-state index contributed by atoms with van der Waals surface area (Å²) in [6.07, 6.45) is 6.56. The number of ether oxygens (including phenoxy) is 2. The molecule has 0 bridgehead atoms. The Kier molecular flexibility index (Phi) is 5.51. The quantitative estimate of drug-likeness (QED) is 0.827. The van der Waals surface area contributed by atoms with E-state index in [1.54, 1.807) is 14.2 Å². The molecule has 1 unspecified atom stereocenters. The van der Waals surface area contributed by atoms with Crippen molar-refractivity contribution in [2.45, 2.75) is 58.5 Å². The Bertz CT molecular complexity index is 457. The maximum atomic E-state index is 5.36. The average Bonchev–Trinajstić information content (AvgIpc) is 2.65. The van der Waals surface area contributed by atoms with Crippen LogP contribution in [0.5, 0.6) is 11.5 Å². The van der Waals surface area contributed by atoms with Crippen molar-refractivity contribution in [1.29, 1.82) is 0 Å². The number of rotatable bonds is 5. The van der Waals surface area contributed by atoms with E-state index in [2.05, 4.69) is 31.3 Å². The summed E-state index contributed by atoms with van der Waals surface area (Å²) < 4.78 is 10.6. The highest BCUT2D eigenvalue weighted by Crippen LogP contribution is 2.34. The molecular weight excluding hydrogens is 262 g/mol. The van der Waals surface area contributed by atoms with Crippen molar-refractivity contribution in [3.8, 4) is 11.5 Å². The third kappa shape index (κ3) is 4.63. The van der Waals surface area contributed by atoms with Crippen LogP contribution in [0.15, 0.2) is 18.2 Å². The molecule has 1 aliphatic carbocycles. The summed E-state index contributed by atoms with van der Waals surface area (Å²) in [6.45, 7) is 5.68. The van der Waals surface area contributed by atoms with Crippen LogP contribution in [0.2, 0.25) is 0 Å². The van der Waals surface area contributed by atoms with E-state index < -0.39 is 0 Å². The summed E-state index contributed by atoms with van der Waals surface area (Å²) in [5.41, 5.74) is 1.76. The standard InChI is InChI=1S/C18H29NO2/c1-18(2)10-5-6-15(9-11-18)19-13-14-7-8-16(20-3)17(12-14)21-4/h7-8,12,15,19H,5-6,9-11,13H2,1-4H3. The SMILES string of the molecule is COc1ccc(CNC2CCCC(C)(C)CC2)cc1OC. The van der Waals surface area contributed by atoms with Gasteiger partial charge in [-0.15, -0.1) is 0 Å². The van der Waals surface area contributed by atoms with Crippen molar-refractivity contribution in [2.24, 2.45) is 5.41 Å². The van der Waals surface area contributed by atoms with Gasteiger partial charge in [-0.1, -0.05) is 26.3 Å². The fourth-order valence-corrected chi connectivity index (χ4v) is 3.12. The molecule has 3 heteroatoms. The molecule has 2 rings (SSSR count). The van der Waals surface area contributed by atoms with Crippen LogP contribution in [0.25, 0.3) is 0 Å². The normalized spacial score (nSPS) is 21.6. The van der Waals surface area contributed by atoms with Gasteiger partial charge in [-0.2, -0.15) is 0 Å². The summed E-state index contributed by atoms with van der Waals surface area (Å²) in [6, 6.07) is 6.79. The Hall–Kier alpha value is -1.22. The highest BCUT2D eigenvalue weighted by Gasteiger charge is 2.23. The monoisotopic (exact) mass is 291 g/mol. The first kappa shape index (κ1) is 16.2. The molecule has 1 aromatic carbocycles. The van der Waals surface area contributed by atoms with Crippen LogP contribution in [0.1, 0.15) is 51.5 Å². The molecule has 0 aliphatic heterocycles. The van der Waals surface area contributed by atoms with Gasteiger partial charge in [-0.3, -0.25) is 0 Å². The minimum Gasteiger partial charge on any atom is -0.493 e. The lowest BCUT2D eigenvalue weighted by Gasteiger charge is -2.22. The number of hydrogen-bond donors (Lipinski definition) is 1. The lowest BCUT2D eigenvalue weighted by atomic mass is 9.85. The maximum absolute atomic E-state index is 5.36. The number of hydrogen-bond acceptors (Lipinski definition) is 3. The summed E-state index contributed by atoms with van der Waals surface area (Å²) >= 11 is 0. The second-order valence-corrected chi connectivity index (χ2v) is 6.86. The van der Waals surface area contributed by atoms with Gasteiger partial charge in [0.2, 0.25) is 0 Å². The third-order valence-corrected chi connectivity index (χ3v) is 4.62. The van der Waals surface area contributed by atoms with E-state index in [1.165, 1.54) is 37.7 Å². The highest BCUT2D eigenvalue weighted by atomic mass is 16.5. The van der Waals surface area contributed by atoms with Crippen LogP contribution in [0.3, 0.4) is 0 Å². The zero-order valence-electron chi connectivity index (χ0n) is 13.9. The number of nitrogens with one attached hydrogen (secondary N) is 1. The van der Waals surface area contributed by atoms with Crippen molar-refractivity contribution in [3.63, 3.8) is 0 Å². The Balaban J connectivity index is 1.91. The molecule has 1 aliphatic rings. The second kappa shape index (κ2) is 7.17. The highest BCUT2D eigenvalue weighted by molar-refractivity contribution is 5.42. The van der Waals surface area contributed by atoms with Gasteiger partial charge in [0.15, 0.2) is 11.5 Å². The Labute approximate surface area is 129 Å². The molecule has 1 atom stereocenters. The molecule has 21 heavy (non-hydrogen) atoms. The molecule has 1 aromatic rings. The van der Waals surface area contributed by atoms with Gasteiger partial charge >= 0.3 is 0 Å². The van der Waals surface area contributed by atoms with E-state index in [-0.39, 0.29) is 0 Å². The molecule has 0 spiro atoms. The lowest BCUT2D eigenvalue weighted by Crippen LogP contribution is -2.28. The maximum Gasteiger partial charge on any atom is 0.161 e. The largest absolute Gasteiger partial charge is 0.493 e. The summed E-state index contributed by atoms with van der Waals surface area (Å²) in [5, 5.41) is 3.71. The van der Waals surface area contributed by atoms with Crippen molar-refractivity contribution in [1.82, 2.24) is 5.32 Å². The molecule has 0 heterocycles. The molecule has 0 aromatic heterocycles. The van der Waals surface area contributed by atoms with Crippen LogP contribution in [0.4, 0.5) is 0 Å². The van der Waals surface area contributed by atoms with Crippen LogP contribution in [-0.2, 0) is 6.54 Å². The molecular formula is C18H29NO2. The molecule has 3 nitrogen and oxygen atoms in total. The summed E-state index contributed by atoms with van der Waals surface area (Å²) in [5.74, 6) is 1.59. The topological polar surface area (TPSA) is 30.5 Å². The van der Waals surface area contributed by atoms with Gasteiger partial charge in [0, 0.05) is 12.6 Å². The number of methoxy groups -OCH3 is 2. The van der Waals surface area contributed by atoms with Crippen LogP contribution >= 0.6 is 0 Å². The smallest absolute Gasteiger partial charge is 0.161 e. The van der Waals surface area contributed by atoms with Crippen LogP contribution in [0, 0.1) is 5.41 Å². The third-order valence-electron chi connectivity index (χ3n) is 4.62. The molecule has 0 saturated heterocycles. The minimum absolute atomic E-state index is 0.514. The first-order valence-corrected chi connectivity index (χ1v) is 7.98. The first-order chi connectivity index (χ1) is 10.0. The van der Waals surface area contributed by atoms with Crippen molar-refractivity contribution >= 4 is 0 Å². The van der Waals surface area contributed by atoms with Crippen molar-refractivity contribution < 1.29 is 9.47 Å². The second-order valence-electron chi connectivity index (χ2n) is 6.86. The molecule has 1 N–H and O–H groups in total. The minimum atomic E-state index is 0.514. The molecule has 1 fully saturated rings. The fraction of sp³-hybridized carbons (Fsp3) is 0.667. The van der Waals surface area contributed by atoms with E-state index >= 15 is 0 Å². The van der Waals surface area contributed by atoms with Crippen molar-refractivity contribution in [2.75, 3.05) is 14.2 Å². The molecule has 1 saturated carbocycles. The average molecular weight is 291 g/mol. The lowest BCUT2D eigenvalue weighted by molar-refractivity contribution is 0.309. The Morgan fingerprint density at radius 3 is 2.57 bits per heavy atom. The van der Waals surface area contributed by atoms with Gasteiger partial charge in [-0.25, -0.2) is 0 Å². The van der Waals surface area contributed by atoms with Gasteiger partial charge in [0.05, 0.1) is 14.2 Å². The summed E-state index contributed by atoms with van der Waals surface area (Å²) in [7, 11) is 3.35. The van der Waals surface area contributed by atoms with E-state index in [0.717, 1.165) is 18.0 Å². The van der Waals surface area contributed by atoms with Crippen LogP contribution in [-0.4, -0.2) is 20.3 Å². The van der Waals surface area contributed by atoms with Crippen molar-refractivity contribution in [3.05, 3.63) is 23.8 Å². The molecule has 118 valence electrons. The zero-order chi connectivity index (χ0) is 15.3. The van der Waals surface area contributed by atoms with Gasteiger partial charge < -0.3 is 14.8 Å². The van der Waals surface area contributed by atoms with E-state index in [4.69, 9.17) is 9.47 Å². The molecule has 0 amide bonds. The molecule has 0 radical (unpaired) electrons. The summed E-state index contributed by atoms with van der Waals surface area (Å²) in [4.78, 5) is 0. The first-order valence-electron chi connectivity index (χ1n) is 7.98. The number of benzene rings is 1. The van der Waals surface area contributed by atoms with E-state index in [9.17, 15) is 0 Å². The van der Waals surface area contributed by atoms with E-state index in [1.807, 2.05) is 6.07 Å². The Morgan fingerprint density at radius 2 is 1.86 bits per heavy atom. The zero-order valence-corrected chi connectivity index (χ0v) is 13.9. The fourth-order valence-electron chi connectivity index (χ4n) is 3.12. The van der Waals surface area contributed by atoms with Gasteiger partial charge in [0.25, 0.3) is 0 Å². The predicted octanol–water partition coefficient (Wildman–Crippen LogP) is 4.15. The van der Waals surface area contributed by atoms with E-state index in [0.29, 0.717) is 11.5 Å². The van der Waals surface area contributed by atoms with Gasteiger partial charge in [-0.05, 0) is 48.8 Å². The predicted molar refractivity (Wildman–Crippen MR) is 87.0 cm³/mol. The van der Waals surface area contributed by atoms with Crippen LogP contribution < -0.4 is 14.8 Å². The Morgan fingerprint density at radius 1 is 1.10 bits per heavy atom.